The largest absolute Gasteiger partial charge is 0.385 e. The summed E-state index contributed by atoms with van der Waals surface area (Å²) in [7, 11) is 0. The lowest BCUT2D eigenvalue weighted by atomic mass is 10.1. The molecule has 2 N–H and O–H groups in total. The van der Waals surface area contributed by atoms with E-state index in [4.69, 9.17) is 4.74 Å². The molecule has 1 fully saturated rings. The third kappa shape index (κ3) is 3.97. The van der Waals surface area contributed by atoms with Crippen molar-refractivity contribution in [3.63, 3.8) is 0 Å². The first-order valence-corrected chi connectivity index (χ1v) is 7.45. The van der Waals surface area contributed by atoms with Gasteiger partial charge in [-0.15, -0.1) is 0 Å². The third-order valence-corrected chi connectivity index (χ3v) is 3.57. The van der Waals surface area contributed by atoms with Crippen LogP contribution in [0.25, 0.3) is 0 Å². The molecule has 20 heavy (non-hydrogen) atoms. The van der Waals surface area contributed by atoms with Crippen LogP contribution in [0.2, 0.25) is 0 Å². The highest BCUT2D eigenvalue weighted by Gasteiger charge is 2.16. The Balaban J connectivity index is 1.90. The number of carbonyl (C=O) groups excluding carboxylic acids is 1. The van der Waals surface area contributed by atoms with Gasteiger partial charge in [0.15, 0.2) is 0 Å². The molecule has 1 aromatic rings. The minimum absolute atomic E-state index is 0.0226. The normalized spacial score (nSPS) is 18.0. The topological polar surface area (TPSA) is 50.4 Å². The van der Waals surface area contributed by atoms with Crippen molar-refractivity contribution in [2.75, 3.05) is 25.0 Å². The molecule has 1 saturated heterocycles. The zero-order valence-electron chi connectivity index (χ0n) is 12.4. The van der Waals surface area contributed by atoms with Crippen molar-refractivity contribution in [3.05, 3.63) is 29.3 Å². The van der Waals surface area contributed by atoms with Crippen molar-refractivity contribution in [1.29, 1.82) is 0 Å². The van der Waals surface area contributed by atoms with Gasteiger partial charge in [-0.25, -0.2) is 0 Å². The Morgan fingerprint density at radius 2 is 2.30 bits per heavy atom. The lowest BCUT2D eigenvalue weighted by molar-refractivity contribution is 0.0857. The Morgan fingerprint density at radius 3 is 2.95 bits per heavy atom. The van der Waals surface area contributed by atoms with E-state index in [1.807, 2.05) is 25.1 Å². The number of nitrogens with one attached hydrogen (secondary N) is 2. The second-order valence-corrected chi connectivity index (χ2v) is 5.30. The van der Waals surface area contributed by atoms with Crippen LogP contribution in [0, 0.1) is 6.92 Å². The number of amides is 1. The quantitative estimate of drug-likeness (QED) is 0.840. The summed E-state index contributed by atoms with van der Waals surface area (Å²) in [5.74, 6) is -0.0226. The molecule has 0 aromatic heterocycles. The van der Waals surface area contributed by atoms with Gasteiger partial charge < -0.3 is 15.4 Å². The molecule has 1 heterocycles. The smallest absolute Gasteiger partial charge is 0.251 e. The number of rotatable bonds is 6. The number of benzene rings is 1. The van der Waals surface area contributed by atoms with Crippen molar-refractivity contribution in [3.8, 4) is 0 Å². The maximum Gasteiger partial charge on any atom is 0.251 e. The predicted octanol–water partition coefficient (Wildman–Crippen LogP) is 2.73. The first-order chi connectivity index (χ1) is 9.70. The molecule has 1 unspecified atom stereocenters. The van der Waals surface area contributed by atoms with Gasteiger partial charge in [0.1, 0.15) is 0 Å². The summed E-state index contributed by atoms with van der Waals surface area (Å²) < 4.78 is 5.50. The van der Waals surface area contributed by atoms with Crippen LogP contribution in [0.3, 0.4) is 0 Å². The molecule has 4 nitrogen and oxygen atoms in total. The highest BCUT2D eigenvalue weighted by atomic mass is 16.5. The van der Waals surface area contributed by atoms with E-state index in [9.17, 15) is 4.79 Å². The summed E-state index contributed by atoms with van der Waals surface area (Å²) >= 11 is 0. The molecule has 110 valence electrons. The fourth-order valence-corrected chi connectivity index (χ4v) is 2.38. The first-order valence-electron chi connectivity index (χ1n) is 7.45. The Morgan fingerprint density at radius 1 is 1.45 bits per heavy atom. The van der Waals surface area contributed by atoms with E-state index >= 15 is 0 Å². The highest BCUT2D eigenvalue weighted by molar-refractivity contribution is 5.94. The predicted molar refractivity (Wildman–Crippen MR) is 81.3 cm³/mol. The molecule has 1 amide bonds. The van der Waals surface area contributed by atoms with Gasteiger partial charge in [0, 0.05) is 30.9 Å². The number of hydrogen-bond acceptors (Lipinski definition) is 3. The van der Waals surface area contributed by atoms with Crippen molar-refractivity contribution in [2.24, 2.45) is 0 Å². The average Bonchev–Trinajstić information content (AvgIpc) is 2.96. The maximum atomic E-state index is 12.1. The van der Waals surface area contributed by atoms with Crippen LogP contribution in [0.4, 0.5) is 5.69 Å². The Hall–Kier alpha value is -1.55. The summed E-state index contributed by atoms with van der Waals surface area (Å²) in [4.78, 5) is 12.1. The zero-order valence-corrected chi connectivity index (χ0v) is 12.4. The summed E-state index contributed by atoms with van der Waals surface area (Å²) in [5.41, 5.74) is 2.91. The van der Waals surface area contributed by atoms with Crippen molar-refractivity contribution >= 4 is 11.6 Å². The van der Waals surface area contributed by atoms with E-state index in [2.05, 4.69) is 17.6 Å². The van der Waals surface area contributed by atoms with Gasteiger partial charge in [-0.05, 0) is 49.9 Å². The van der Waals surface area contributed by atoms with Crippen LogP contribution < -0.4 is 10.6 Å². The number of carbonyl (C=O) groups is 1. The van der Waals surface area contributed by atoms with E-state index in [1.54, 1.807) is 0 Å². The minimum Gasteiger partial charge on any atom is -0.385 e. The Bertz CT molecular complexity index is 454. The summed E-state index contributed by atoms with van der Waals surface area (Å²) in [5, 5.41) is 6.30. The molecule has 1 aromatic carbocycles. The average molecular weight is 276 g/mol. The Labute approximate surface area is 120 Å². The van der Waals surface area contributed by atoms with E-state index in [0.717, 1.165) is 43.7 Å². The molecule has 1 aliphatic heterocycles. The second-order valence-electron chi connectivity index (χ2n) is 5.30. The Kier molecular flexibility index (Phi) is 5.41. The van der Waals surface area contributed by atoms with Crippen LogP contribution in [0.1, 0.15) is 42.1 Å². The maximum absolute atomic E-state index is 12.1. The fraction of sp³-hybridized carbons (Fsp3) is 0.562. The molecule has 0 saturated carbocycles. The molecule has 1 aliphatic rings. The van der Waals surface area contributed by atoms with Gasteiger partial charge >= 0.3 is 0 Å². The van der Waals surface area contributed by atoms with Crippen LogP contribution in [0.5, 0.6) is 0 Å². The summed E-state index contributed by atoms with van der Waals surface area (Å²) in [6.07, 6.45) is 3.41. The SMILES string of the molecule is CCCNc1ccc(C(=O)NCC2CCCO2)cc1C. The fourth-order valence-electron chi connectivity index (χ4n) is 2.38. The second kappa shape index (κ2) is 7.29. The van der Waals surface area contributed by atoms with E-state index in [1.165, 1.54) is 0 Å². The first kappa shape index (κ1) is 14.9. The molecular weight excluding hydrogens is 252 g/mol. The van der Waals surface area contributed by atoms with E-state index < -0.39 is 0 Å². The lowest BCUT2D eigenvalue weighted by Crippen LogP contribution is -2.31. The van der Waals surface area contributed by atoms with Gasteiger partial charge in [-0.2, -0.15) is 0 Å². The number of anilines is 1. The number of ether oxygens (including phenoxy) is 1. The lowest BCUT2D eigenvalue weighted by Gasteiger charge is -2.13. The van der Waals surface area contributed by atoms with Crippen LogP contribution in [-0.2, 0) is 4.74 Å². The molecule has 4 heteroatoms. The molecule has 0 aliphatic carbocycles. The van der Waals surface area contributed by atoms with Crippen molar-refractivity contribution in [2.45, 2.75) is 39.2 Å². The van der Waals surface area contributed by atoms with Crippen molar-refractivity contribution < 1.29 is 9.53 Å². The van der Waals surface area contributed by atoms with Gasteiger partial charge in [-0.3, -0.25) is 4.79 Å². The minimum atomic E-state index is -0.0226. The van der Waals surface area contributed by atoms with Crippen LogP contribution in [0.15, 0.2) is 18.2 Å². The molecular formula is C16H24N2O2. The van der Waals surface area contributed by atoms with E-state index in [0.29, 0.717) is 12.1 Å². The molecule has 0 spiro atoms. The standard InChI is InChI=1S/C16H24N2O2/c1-3-8-17-15-7-6-13(10-12(15)2)16(19)18-11-14-5-4-9-20-14/h6-7,10,14,17H,3-5,8-9,11H2,1-2H3,(H,18,19). The molecule has 2 rings (SSSR count). The summed E-state index contributed by atoms with van der Waals surface area (Å²) in [6, 6.07) is 5.78. The highest BCUT2D eigenvalue weighted by Crippen LogP contribution is 2.17. The van der Waals surface area contributed by atoms with Crippen LogP contribution >= 0.6 is 0 Å². The number of hydrogen-bond donors (Lipinski definition) is 2. The van der Waals surface area contributed by atoms with Gasteiger partial charge in [0.05, 0.1) is 6.10 Å². The summed E-state index contributed by atoms with van der Waals surface area (Å²) in [6.45, 7) is 6.53. The van der Waals surface area contributed by atoms with Gasteiger partial charge in [0.25, 0.3) is 5.91 Å². The van der Waals surface area contributed by atoms with Crippen molar-refractivity contribution in [1.82, 2.24) is 5.32 Å². The number of aryl methyl sites for hydroxylation is 1. The zero-order chi connectivity index (χ0) is 14.4. The third-order valence-electron chi connectivity index (χ3n) is 3.57. The van der Waals surface area contributed by atoms with Gasteiger partial charge in [0.2, 0.25) is 0 Å². The molecule has 0 radical (unpaired) electrons. The van der Waals surface area contributed by atoms with Crippen LogP contribution in [-0.4, -0.2) is 31.7 Å². The van der Waals surface area contributed by atoms with E-state index in [-0.39, 0.29) is 12.0 Å². The molecule has 1 atom stereocenters. The monoisotopic (exact) mass is 276 g/mol. The molecule has 0 bridgehead atoms. The van der Waals surface area contributed by atoms with Gasteiger partial charge in [-0.1, -0.05) is 6.92 Å².